The normalized spacial score (nSPS) is 17.7. The van der Waals surface area contributed by atoms with E-state index in [9.17, 15) is 19.2 Å². The molecule has 8 nitrogen and oxygen atoms in total. The van der Waals surface area contributed by atoms with Gasteiger partial charge < -0.3 is 15.4 Å². The summed E-state index contributed by atoms with van der Waals surface area (Å²) in [7, 11) is 0. The predicted octanol–water partition coefficient (Wildman–Crippen LogP) is 1.36. The number of amides is 4. The van der Waals surface area contributed by atoms with E-state index in [1.807, 2.05) is 36.5 Å². The number of carbonyl (C=O) groups excluding carboxylic acids is 4. The molecule has 1 aromatic rings. The molecule has 2 atom stereocenters. The molecule has 2 rings (SSSR count). The number of benzene rings is 1. The van der Waals surface area contributed by atoms with E-state index < -0.39 is 29.9 Å². The van der Waals surface area contributed by atoms with E-state index >= 15 is 0 Å². The fourth-order valence-corrected chi connectivity index (χ4v) is 2.93. The SMILES string of the molecule is CCc1ccc(N2CC(C(=O)OC(C(=O)NC(N)=O)C(C)C)CC2=O)cc1. The summed E-state index contributed by atoms with van der Waals surface area (Å²) in [4.78, 5) is 49.2. The number of aryl methyl sites for hydroxylation is 1. The maximum Gasteiger partial charge on any atom is 0.318 e. The maximum atomic E-state index is 12.5. The molecule has 1 aromatic carbocycles. The summed E-state index contributed by atoms with van der Waals surface area (Å²) in [6.07, 6.45) is -0.248. The van der Waals surface area contributed by atoms with Crippen LogP contribution in [0.25, 0.3) is 0 Å². The van der Waals surface area contributed by atoms with Gasteiger partial charge in [0, 0.05) is 18.7 Å². The molecule has 8 heteroatoms. The van der Waals surface area contributed by atoms with E-state index in [0.29, 0.717) is 0 Å². The van der Waals surface area contributed by atoms with E-state index in [0.717, 1.165) is 17.7 Å². The Morgan fingerprint density at radius 3 is 2.41 bits per heavy atom. The quantitative estimate of drug-likeness (QED) is 0.728. The van der Waals surface area contributed by atoms with Gasteiger partial charge in [0.15, 0.2) is 6.10 Å². The van der Waals surface area contributed by atoms with E-state index in [4.69, 9.17) is 10.5 Å². The van der Waals surface area contributed by atoms with Gasteiger partial charge in [-0.15, -0.1) is 0 Å². The minimum atomic E-state index is -1.15. The summed E-state index contributed by atoms with van der Waals surface area (Å²) in [6.45, 7) is 5.59. The number of nitrogens with one attached hydrogen (secondary N) is 1. The molecule has 1 fully saturated rings. The van der Waals surface area contributed by atoms with Gasteiger partial charge in [-0.05, 0) is 30.0 Å². The number of imide groups is 1. The highest BCUT2D eigenvalue weighted by Crippen LogP contribution is 2.27. The second-order valence-electron chi connectivity index (χ2n) is 6.88. The average Bonchev–Trinajstić information content (AvgIpc) is 3.00. The number of hydrogen-bond acceptors (Lipinski definition) is 5. The van der Waals surface area contributed by atoms with Crippen LogP contribution in [0.1, 0.15) is 32.8 Å². The van der Waals surface area contributed by atoms with Crippen molar-refractivity contribution >= 4 is 29.5 Å². The third-order valence-corrected chi connectivity index (χ3v) is 4.47. The van der Waals surface area contributed by atoms with Gasteiger partial charge in [-0.3, -0.25) is 19.7 Å². The van der Waals surface area contributed by atoms with Crippen molar-refractivity contribution in [3.05, 3.63) is 29.8 Å². The second-order valence-corrected chi connectivity index (χ2v) is 6.88. The molecule has 1 heterocycles. The summed E-state index contributed by atoms with van der Waals surface area (Å²) in [6, 6.07) is 6.57. The smallest absolute Gasteiger partial charge is 0.318 e. The highest BCUT2D eigenvalue weighted by atomic mass is 16.5. The first-order valence-electron chi connectivity index (χ1n) is 8.93. The molecule has 0 bridgehead atoms. The van der Waals surface area contributed by atoms with Gasteiger partial charge >= 0.3 is 12.0 Å². The van der Waals surface area contributed by atoms with E-state index in [-0.39, 0.29) is 24.8 Å². The summed E-state index contributed by atoms with van der Waals surface area (Å²) >= 11 is 0. The third-order valence-electron chi connectivity index (χ3n) is 4.47. The minimum absolute atomic E-state index is 0.0105. The van der Waals surface area contributed by atoms with Crippen LogP contribution in [-0.2, 0) is 25.5 Å². The summed E-state index contributed by atoms with van der Waals surface area (Å²) in [5.41, 5.74) is 6.82. The fraction of sp³-hybridized carbons (Fsp3) is 0.474. The zero-order valence-electron chi connectivity index (χ0n) is 15.7. The molecule has 0 spiro atoms. The van der Waals surface area contributed by atoms with Crippen molar-refractivity contribution in [2.45, 2.75) is 39.7 Å². The van der Waals surface area contributed by atoms with Gasteiger partial charge in [-0.1, -0.05) is 32.9 Å². The van der Waals surface area contributed by atoms with Crippen LogP contribution in [-0.4, -0.2) is 36.5 Å². The first kappa shape index (κ1) is 20.4. The lowest BCUT2D eigenvalue weighted by Gasteiger charge is -2.22. The predicted molar refractivity (Wildman–Crippen MR) is 98.7 cm³/mol. The second kappa shape index (κ2) is 8.66. The summed E-state index contributed by atoms with van der Waals surface area (Å²) < 4.78 is 5.29. The van der Waals surface area contributed by atoms with Crippen molar-refractivity contribution in [2.24, 2.45) is 17.6 Å². The Labute approximate surface area is 158 Å². The number of esters is 1. The Morgan fingerprint density at radius 2 is 1.89 bits per heavy atom. The van der Waals surface area contributed by atoms with Gasteiger partial charge in [0.25, 0.3) is 5.91 Å². The monoisotopic (exact) mass is 375 g/mol. The van der Waals surface area contributed by atoms with Crippen LogP contribution in [0.15, 0.2) is 24.3 Å². The number of nitrogens with zero attached hydrogens (tertiary/aromatic N) is 1. The van der Waals surface area contributed by atoms with Crippen LogP contribution in [0, 0.1) is 11.8 Å². The Kier molecular flexibility index (Phi) is 6.55. The zero-order valence-corrected chi connectivity index (χ0v) is 15.7. The third kappa shape index (κ3) is 5.06. The Balaban J connectivity index is 2.05. The summed E-state index contributed by atoms with van der Waals surface area (Å²) in [5, 5.41) is 1.92. The molecular weight excluding hydrogens is 350 g/mol. The highest BCUT2D eigenvalue weighted by molar-refractivity contribution is 6.00. The number of hydrogen-bond donors (Lipinski definition) is 2. The molecule has 0 aromatic heterocycles. The number of rotatable bonds is 6. The topological polar surface area (TPSA) is 119 Å². The molecule has 1 saturated heterocycles. The molecule has 146 valence electrons. The van der Waals surface area contributed by atoms with Gasteiger partial charge in [0.1, 0.15) is 0 Å². The molecule has 0 aliphatic carbocycles. The summed E-state index contributed by atoms with van der Waals surface area (Å²) in [5.74, 6) is -2.63. The molecular formula is C19H25N3O5. The van der Waals surface area contributed by atoms with Crippen molar-refractivity contribution < 1.29 is 23.9 Å². The van der Waals surface area contributed by atoms with Crippen LogP contribution in [0.5, 0.6) is 0 Å². The number of carbonyl (C=O) groups is 4. The Bertz CT molecular complexity index is 729. The van der Waals surface area contributed by atoms with E-state index in [1.54, 1.807) is 18.7 Å². The fourth-order valence-electron chi connectivity index (χ4n) is 2.93. The molecule has 2 unspecified atom stereocenters. The van der Waals surface area contributed by atoms with Crippen molar-refractivity contribution in [1.82, 2.24) is 5.32 Å². The van der Waals surface area contributed by atoms with Crippen LogP contribution in [0.3, 0.4) is 0 Å². The molecule has 1 aliphatic rings. The molecule has 0 radical (unpaired) electrons. The highest BCUT2D eigenvalue weighted by Gasteiger charge is 2.38. The Hall–Kier alpha value is -2.90. The van der Waals surface area contributed by atoms with Crippen LogP contribution >= 0.6 is 0 Å². The van der Waals surface area contributed by atoms with Gasteiger partial charge in [-0.25, -0.2) is 4.79 Å². The maximum absolute atomic E-state index is 12.5. The first-order chi connectivity index (χ1) is 12.7. The van der Waals surface area contributed by atoms with Crippen molar-refractivity contribution in [3.63, 3.8) is 0 Å². The zero-order chi connectivity index (χ0) is 20.1. The van der Waals surface area contributed by atoms with Gasteiger partial charge in [0.2, 0.25) is 5.91 Å². The number of urea groups is 1. The first-order valence-corrected chi connectivity index (χ1v) is 8.93. The van der Waals surface area contributed by atoms with Gasteiger partial charge in [-0.2, -0.15) is 0 Å². The number of anilines is 1. The lowest BCUT2D eigenvalue weighted by Crippen LogP contribution is -2.46. The van der Waals surface area contributed by atoms with Crippen molar-refractivity contribution in [2.75, 3.05) is 11.4 Å². The molecule has 1 aliphatic heterocycles. The average molecular weight is 375 g/mol. The molecule has 0 saturated carbocycles. The van der Waals surface area contributed by atoms with Crippen LogP contribution < -0.4 is 16.0 Å². The van der Waals surface area contributed by atoms with Crippen LogP contribution in [0.4, 0.5) is 10.5 Å². The molecule has 4 amide bonds. The number of primary amides is 1. The number of nitrogens with two attached hydrogens (primary N) is 1. The number of ether oxygens (including phenoxy) is 1. The van der Waals surface area contributed by atoms with Crippen LogP contribution in [0.2, 0.25) is 0 Å². The molecule has 27 heavy (non-hydrogen) atoms. The van der Waals surface area contributed by atoms with E-state index in [2.05, 4.69) is 0 Å². The van der Waals surface area contributed by atoms with Crippen molar-refractivity contribution in [3.8, 4) is 0 Å². The molecule has 3 N–H and O–H groups in total. The lowest BCUT2D eigenvalue weighted by molar-refractivity contribution is -0.161. The minimum Gasteiger partial charge on any atom is -0.452 e. The largest absolute Gasteiger partial charge is 0.452 e. The van der Waals surface area contributed by atoms with Gasteiger partial charge in [0.05, 0.1) is 5.92 Å². The van der Waals surface area contributed by atoms with E-state index in [1.165, 1.54) is 0 Å². The Morgan fingerprint density at radius 1 is 1.26 bits per heavy atom. The standard InChI is InChI=1S/C19H25N3O5/c1-4-12-5-7-14(8-6-12)22-10-13(9-15(22)23)18(25)27-16(11(2)3)17(24)21-19(20)26/h5-8,11,13,16H,4,9-10H2,1-3H3,(H3,20,21,24,26). The van der Waals surface area contributed by atoms with Crippen molar-refractivity contribution in [1.29, 1.82) is 0 Å². The lowest BCUT2D eigenvalue weighted by atomic mass is 10.1.